The molecule has 17 heavy (non-hydrogen) atoms. The van der Waals surface area contributed by atoms with Crippen molar-refractivity contribution in [3.8, 4) is 0 Å². The van der Waals surface area contributed by atoms with Gasteiger partial charge in [-0.15, -0.1) is 0 Å². The largest absolute Gasteiger partial charge is 0.389 e. The summed E-state index contributed by atoms with van der Waals surface area (Å²) in [4.78, 5) is 2.61. The second-order valence-corrected chi connectivity index (χ2v) is 5.51. The first kappa shape index (κ1) is 14.9. The highest BCUT2D eigenvalue weighted by atomic mass is 16.3. The topological polar surface area (TPSA) is 49.5 Å². The summed E-state index contributed by atoms with van der Waals surface area (Å²) in [6.45, 7) is 7.02. The quantitative estimate of drug-likeness (QED) is 0.617. The Morgan fingerprint density at radius 1 is 1.24 bits per heavy atom. The fourth-order valence-corrected chi connectivity index (χ4v) is 2.31. The van der Waals surface area contributed by atoms with E-state index >= 15 is 0 Å². The average Bonchev–Trinajstić information content (AvgIpc) is 3.17. The number of nitrogens with two attached hydrogens (primary N) is 1. The van der Waals surface area contributed by atoms with Crippen LogP contribution in [0.2, 0.25) is 0 Å². The molecule has 0 spiro atoms. The van der Waals surface area contributed by atoms with E-state index in [9.17, 15) is 5.11 Å². The van der Waals surface area contributed by atoms with Gasteiger partial charge in [0.15, 0.2) is 0 Å². The van der Waals surface area contributed by atoms with Crippen LogP contribution in [0.5, 0.6) is 0 Å². The third-order valence-electron chi connectivity index (χ3n) is 3.99. The van der Waals surface area contributed by atoms with Crippen molar-refractivity contribution in [2.75, 3.05) is 19.6 Å². The van der Waals surface area contributed by atoms with Crippen molar-refractivity contribution in [1.82, 2.24) is 4.90 Å². The van der Waals surface area contributed by atoms with E-state index in [2.05, 4.69) is 11.8 Å². The molecule has 1 fully saturated rings. The zero-order valence-corrected chi connectivity index (χ0v) is 11.6. The molecular weight excluding hydrogens is 212 g/mol. The van der Waals surface area contributed by atoms with Crippen LogP contribution in [0.3, 0.4) is 0 Å². The molecule has 1 aliphatic rings. The maximum Gasteiger partial charge on any atom is 0.0767 e. The highest BCUT2D eigenvalue weighted by Gasteiger charge is 2.29. The summed E-state index contributed by atoms with van der Waals surface area (Å²) >= 11 is 0. The van der Waals surface area contributed by atoms with Crippen LogP contribution in [0, 0.1) is 0 Å². The summed E-state index contributed by atoms with van der Waals surface area (Å²) in [7, 11) is 0. The first-order chi connectivity index (χ1) is 8.15. The van der Waals surface area contributed by atoms with Gasteiger partial charge >= 0.3 is 0 Å². The van der Waals surface area contributed by atoms with Crippen molar-refractivity contribution in [3.05, 3.63) is 0 Å². The Morgan fingerprint density at radius 3 is 2.35 bits per heavy atom. The molecule has 3 nitrogen and oxygen atoms in total. The highest BCUT2D eigenvalue weighted by Crippen LogP contribution is 2.28. The van der Waals surface area contributed by atoms with Gasteiger partial charge in [-0.2, -0.15) is 0 Å². The third-order valence-corrected chi connectivity index (χ3v) is 3.99. The Hall–Kier alpha value is -0.120. The van der Waals surface area contributed by atoms with Gasteiger partial charge in [-0.05, 0) is 51.6 Å². The zero-order chi connectivity index (χ0) is 12.7. The molecule has 102 valence electrons. The molecule has 0 aromatic rings. The molecule has 1 aliphatic carbocycles. The maximum absolute atomic E-state index is 10.1. The molecule has 0 saturated heterocycles. The maximum atomic E-state index is 10.1. The summed E-state index contributed by atoms with van der Waals surface area (Å²) in [6, 6.07) is 0.842. The number of nitrogens with zero attached hydrogens (tertiary/aromatic N) is 1. The average molecular weight is 242 g/mol. The number of aliphatic hydroxyl groups is 1. The second kappa shape index (κ2) is 7.34. The van der Waals surface area contributed by atoms with E-state index in [0.29, 0.717) is 6.54 Å². The summed E-state index contributed by atoms with van der Waals surface area (Å²) < 4.78 is 0. The van der Waals surface area contributed by atoms with Gasteiger partial charge in [0, 0.05) is 12.6 Å². The van der Waals surface area contributed by atoms with Gasteiger partial charge in [0.25, 0.3) is 0 Å². The zero-order valence-electron chi connectivity index (χ0n) is 11.6. The van der Waals surface area contributed by atoms with Gasteiger partial charge in [-0.25, -0.2) is 0 Å². The summed E-state index contributed by atoms with van der Waals surface area (Å²) in [5.74, 6) is 0. The lowest BCUT2D eigenvalue weighted by atomic mass is 9.95. The monoisotopic (exact) mass is 242 g/mol. The molecule has 3 N–H and O–H groups in total. The fourth-order valence-electron chi connectivity index (χ4n) is 2.31. The van der Waals surface area contributed by atoms with Crippen molar-refractivity contribution in [3.63, 3.8) is 0 Å². The minimum atomic E-state index is -0.625. The Bertz CT molecular complexity index is 200. The number of hydrogen-bond acceptors (Lipinski definition) is 3. The predicted octanol–water partition coefficient (Wildman–Crippen LogP) is 2.13. The number of unbranched alkanes of at least 4 members (excludes halogenated alkanes) is 1. The van der Waals surface area contributed by atoms with Crippen molar-refractivity contribution in [2.24, 2.45) is 5.73 Å². The molecule has 0 radical (unpaired) electrons. The van der Waals surface area contributed by atoms with E-state index in [0.717, 1.165) is 31.8 Å². The lowest BCUT2D eigenvalue weighted by Crippen LogP contribution is -2.38. The first-order valence-electron chi connectivity index (χ1n) is 7.31. The van der Waals surface area contributed by atoms with Gasteiger partial charge in [0.05, 0.1) is 5.60 Å². The Kier molecular flexibility index (Phi) is 6.45. The molecule has 1 saturated carbocycles. The van der Waals surface area contributed by atoms with Crippen molar-refractivity contribution in [1.29, 1.82) is 0 Å². The Morgan fingerprint density at radius 2 is 1.88 bits per heavy atom. The summed E-state index contributed by atoms with van der Waals surface area (Å²) in [6.07, 6.45) is 7.99. The second-order valence-electron chi connectivity index (χ2n) is 5.51. The van der Waals surface area contributed by atoms with E-state index in [1.165, 1.54) is 32.2 Å². The summed E-state index contributed by atoms with van der Waals surface area (Å²) in [5, 5.41) is 10.1. The van der Waals surface area contributed by atoms with Crippen molar-refractivity contribution >= 4 is 0 Å². The molecule has 0 heterocycles. The molecular formula is C14H30N2O. The summed E-state index contributed by atoms with van der Waals surface area (Å²) in [5.41, 5.74) is 5.00. The lowest BCUT2D eigenvalue weighted by Gasteiger charge is -2.27. The minimum absolute atomic E-state index is 0.391. The van der Waals surface area contributed by atoms with Crippen LogP contribution in [0.1, 0.15) is 58.8 Å². The van der Waals surface area contributed by atoms with Gasteiger partial charge in [0.2, 0.25) is 0 Å². The Balaban J connectivity index is 2.22. The lowest BCUT2D eigenvalue weighted by molar-refractivity contribution is 0.0313. The molecule has 0 aromatic heterocycles. The van der Waals surface area contributed by atoms with E-state index < -0.39 is 5.60 Å². The minimum Gasteiger partial charge on any atom is -0.389 e. The molecule has 1 rings (SSSR count). The molecule has 0 aromatic carbocycles. The van der Waals surface area contributed by atoms with Gasteiger partial charge < -0.3 is 15.7 Å². The van der Waals surface area contributed by atoms with Crippen LogP contribution in [-0.4, -0.2) is 41.3 Å². The molecule has 0 bridgehead atoms. The highest BCUT2D eigenvalue weighted by molar-refractivity contribution is 4.85. The molecule has 0 amide bonds. The van der Waals surface area contributed by atoms with Crippen LogP contribution in [0.4, 0.5) is 0 Å². The predicted molar refractivity (Wildman–Crippen MR) is 73.0 cm³/mol. The smallest absolute Gasteiger partial charge is 0.0767 e. The van der Waals surface area contributed by atoms with Crippen LogP contribution < -0.4 is 5.73 Å². The fraction of sp³-hybridized carbons (Fsp3) is 1.00. The molecule has 0 aliphatic heterocycles. The van der Waals surface area contributed by atoms with Crippen molar-refractivity contribution < 1.29 is 5.11 Å². The number of hydrogen-bond donors (Lipinski definition) is 2. The van der Waals surface area contributed by atoms with Gasteiger partial charge in [-0.1, -0.05) is 20.3 Å². The van der Waals surface area contributed by atoms with Crippen molar-refractivity contribution in [2.45, 2.75) is 70.4 Å². The van der Waals surface area contributed by atoms with Crippen LogP contribution >= 0.6 is 0 Å². The van der Waals surface area contributed by atoms with E-state index in [1.54, 1.807) is 0 Å². The van der Waals surface area contributed by atoms with Crippen LogP contribution in [0.25, 0.3) is 0 Å². The molecule has 1 atom stereocenters. The number of rotatable bonds is 10. The normalized spacial score (nSPS) is 19.6. The molecule has 1 unspecified atom stereocenters. The van der Waals surface area contributed by atoms with Crippen LogP contribution in [0.15, 0.2) is 0 Å². The van der Waals surface area contributed by atoms with E-state index in [-0.39, 0.29) is 0 Å². The van der Waals surface area contributed by atoms with E-state index in [1.807, 2.05) is 6.92 Å². The Labute approximate surface area is 106 Å². The third kappa shape index (κ3) is 5.36. The SMILES string of the molecule is CCCCN(CCCC(O)(CC)CN)C1CC1. The molecule has 3 heteroatoms. The standard InChI is InChI=1S/C14H30N2O/c1-3-5-10-16(13-7-8-13)11-6-9-14(17,4-2)12-15/h13,17H,3-12,15H2,1-2H3. The first-order valence-corrected chi connectivity index (χ1v) is 7.31. The van der Waals surface area contributed by atoms with Crippen LogP contribution in [-0.2, 0) is 0 Å². The van der Waals surface area contributed by atoms with E-state index in [4.69, 9.17) is 5.73 Å². The van der Waals surface area contributed by atoms with Gasteiger partial charge in [-0.3, -0.25) is 0 Å². The van der Waals surface area contributed by atoms with Gasteiger partial charge in [0.1, 0.15) is 0 Å².